The van der Waals surface area contributed by atoms with Crippen molar-refractivity contribution in [1.82, 2.24) is 0 Å². The van der Waals surface area contributed by atoms with Crippen molar-refractivity contribution in [3.8, 4) is 0 Å². The lowest BCUT2D eigenvalue weighted by Gasteiger charge is -2.22. The van der Waals surface area contributed by atoms with Gasteiger partial charge in [0.15, 0.2) is 0 Å². The van der Waals surface area contributed by atoms with Gasteiger partial charge >= 0.3 is 0 Å². The summed E-state index contributed by atoms with van der Waals surface area (Å²) in [5.41, 5.74) is 2.44. The SMILES string of the molecule is Br.O=[N+]([O-])c1ccc(Cc2ccccc2P(c2ccccc2)c2ccccc2)cc1. The summed E-state index contributed by atoms with van der Waals surface area (Å²) < 4.78 is 0. The first-order valence-corrected chi connectivity index (χ1v) is 10.8. The molecule has 0 fully saturated rings. The molecule has 0 radical (unpaired) electrons. The third-order valence-electron chi connectivity index (χ3n) is 4.80. The first-order valence-electron chi connectivity index (χ1n) is 9.44. The maximum Gasteiger partial charge on any atom is 0.269 e. The van der Waals surface area contributed by atoms with Crippen molar-refractivity contribution >= 4 is 46.5 Å². The molecule has 0 amide bonds. The number of hydrogen-bond donors (Lipinski definition) is 0. The number of nitro groups is 1. The van der Waals surface area contributed by atoms with E-state index in [4.69, 9.17) is 0 Å². The molecule has 0 aliphatic heterocycles. The zero-order chi connectivity index (χ0) is 20.1. The number of hydrogen-bond acceptors (Lipinski definition) is 2. The van der Waals surface area contributed by atoms with Crippen molar-refractivity contribution in [1.29, 1.82) is 0 Å². The van der Waals surface area contributed by atoms with Crippen LogP contribution in [0.15, 0.2) is 109 Å². The van der Waals surface area contributed by atoms with E-state index < -0.39 is 7.92 Å². The van der Waals surface area contributed by atoms with Gasteiger partial charge in [-0.3, -0.25) is 10.1 Å². The summed E-state index contributed by atoms with van der Waals surface area (Å²) in [5.74, 6) is 0. The van der Waals surface area contributed by atoms with Crippen LogP contribution >= 0.6 is 24.9 Å². The average Bonchev–Trinajstić information content (AvgIpc) is 2.77. The lowest BCUT2D eigenvalue weighted by atomic mass is 10.0. The molecule has 0 atom stereocenters. The molecule has 0 aromatic heterocycles. The van der Waals surface area contributed by atoms with Crippen LogP contribution in [0.3, 0.4) is 0 Å². The highest BCUT2D eigenvalue weighted by Crippen LogP contribution is 2.34. The molecule has 0 heterocycles. The molecular formula is C25H21BrNO2P. The summed E-state index contributed by atoms with van der Waals surface area (Å²) in [5, 5.41) is 14.9. The van der Waals surface area contributed by atoms with E-state index in [0.717, 1.165) is 12.0 Å². The van der Waals surface area contributed by atoms with Gasteiger partial charge in [-0.05, 0) is 41.4 Å². The Morgan fingerprint density at radius 2 is 1.17 bits per heavy atom. The third-order valence-corrected chi connectivity index (χ3v) is 7.35. The Morgan fingerprint density at radius 3 is 1.70 bits per heavy atom. The fourth-order valence-electron chi connectivity index (χ4n) is 3.42. The topological polar surface area (TPSA) is 43.1 Å². The van der Waals surface area contributed by atoms with E-state index >= 15 is 0 Å². The Bertz CT molecular complexity index is 1060. The van der Waals surface area contributed by atoms with Crippen LogP contribution in [0, 0.1) is 10.1 Å². The zero-order valence-corrected chi connectivity index (χ0v) is 18.8. The summed E-state index contributed by atoms with van der Waals surface area (Å²) in [6, 6.07) is 36.6. The van der Waals surface area contributed by atoms with Gasteiger partial charge in [0.1, 0.15) is 0 Å². The normalized spacial score (nSPS) is 10.4. The van der Waals surface area contributed by atoms with Gasteiger partial charge in [0.2, 0.25) is 0 Å². The monoisotopic (exact) mass is 477 g/mol. The van der Waals surface area contributed by atoms with Gasteiger partial charge in [0, 0.05) is 12.1 Å². The van der Waals surface area contributed by atoms with Crippen molar-refractivity contribution < 1.29 is 4.92 Å². The second-order valence-electron chi connectivity index (χ2n) is 6.74. The maximum atomic E-state index is 10.9. The third kappa shape index (κ3) is 5.02. The second kappa shape index (κ2) is 10.3. The molecule has 4 aromatic rings. The summed E-state index contributed by atoms with van der Waals surface area (Å²) in [7, 11) is -0.688. The Hall–Kier alpha value is -2.81. The Labute approximate surface area is 188 Å². The van der Waals surface area contributed by atoms with Gasteiger partial charge in [0.05, 0.1) is 4.92 Å². The fourth-order valence-corrected chi connectivity index (χ4v) is 5.89. The highest BCUT2D eigenvalue weighted by Gasteiger charge is 2.19. The quantitative estimate of drug-likeness (QED) is 0.208. The molecule has 0 saturated heterocycles. The van der Waals surface area contributed by atoms with Crippen LogP contribution < -0.4 is 15.9 Å². The number of rotatable bonds is 6. The van der Waals surface area contributed by atoms with Crippen LogP contribution in [-0.2, 0) is 6.42 Å². The van der Waals surface area contributed by atoms with Gasteiger partial charge in [-0.1, -0.05) is 97.1 Å². The first kappa shape index (κ1) is 21.9. The molecule has 0 spiro atoms. The Kier molecular flexibility index (Phi) is 7.51. The maximum absolute atomic E-state index is 10.9. The van der Waals surface area contributed by atoms with Crippen LogP contribution in [-0.4, -0.2) is 4.92 Å². The van der Waals surface area contributed by atoms with Crippen molar-refractivity contribution in [2.75, 3.05) is 0 Å². The van der Waals surface area contributed by atoms with E-state index in [-0.39, 0.29) is 27.6 Å². The van der Waals surface area contributed by atoms with E-state index in [9.17, 15) is 10.1 Å². The highest BCUT2D eigenvalue weighted by atomic mass is 79.9. The summed E-state index contributed by atoms with van der Waals surface area (Å²) in [4.78, 5) is 10.6. The minimum atomic E-state index is -0.688. The standard InChI is InChI=1S/C25H20NO2P.BrH/c27-26(28)22-17-15-20(16-18-22)19-21-9-7-8-14-25(21)29(23-10-3-1-4-11-23)24-12-5-2-6-13-24;/h1-18H,19H2;1H. The van der Waals surface area contributed by atoms with E-state index in [1.165, 1.54) is 21.5 Å². The number of halogens is 1. The Morgan fingerprint density at radius 1 is 0.667 bits per heavy atom. The van der Waals surface area contributed by atoms with Crippen molar-refractivity contribution in [3.63, 3.8) is 0 Å². The zero-order valence-electron chi connectivity index (χ0n) is 16.2. The minimum Gasteiger partial charge on any atom is -0.258 e. The first-order chi connectivity index (χ1) is 14.2. The summed E-state index contributed by atoms with van der Waals surface area (Å²) in [6.07, 6.45) is 0.743. The van der Waals surface area contributed by atoms with Gasteiger partial charge in [-0.2, -0.15) is 0 Å². The molecule has 3 nitrogen and oxygen atoms in total. The van der Waals surface area contributed by atoms with Crippen molar-refractivity contribution in [2.45, 2.75) is 6.42 Å². The largest absolute Gasteiger partial charge is 0.269 e. The van der Waals surface area contributed by atoms with Crippen LogP contribution in [0.2, 0.25) is 0 Å². The van der Waals surface area contributed by atoms with Gasteiger partial charge in [-0.25, -0.2) is 0 Å². The number of nitro benzene ring substituents is 1. The van der Waals surface area contributed by atoms with Gasteiger partial charge in [-0.15, -0.1) is 17.0 Å². The van der Waals surface area contributed by atoms with Crippen LogP contribution in [0.5, 0.6) is 0 Å². The number of nitrogens with zero attached hydrogens (tertiary/aromatic N) is 1. The molecule has 4 aromatic carbocycles. The molecule has 30 heavy (non-hydrogen) atoms. The highest BCUT2D eigenvalue weighted by molar-refractivity contribution is 8.93. The average molecular weight is 478 g/mol. The number of benzene rings is 4. The molecular weight excluding hydrogens is 457 g/mol. The van der Waals surface area contributed by atoms with Gasteiger partial charge < -0.3 is 0 Å². The van der Waals surface area contributed by atoms with Gasteiger partial charge in [0.25, 0.3) is 5.69 Å². The Balaban J connectivity index is 0.00000256. The molecule has 5 heteroatoms. The molecule has 4 rings (SSSR count). The molecule has 150 valence electrons. The molecule has 0 N–H and O–H groups in total. The smallest absolute Gasteiger partial charge is 0.258 e. The van der Waals surface area contributed by atoms with Crippen LogP contribution in [0.25, 0.3) is 0 Å². The lowest BCUT2D eigenvalue weighted by molar-refractivity contribution is -0.384. The molecule has 0 saturated carbocycles. The second-order valence-corrected chi connectivity index (χ2v) is 8.92. The van der Waals surface area contributed by atoms with E-state index in [2.05, 4.69) is 72.8 Å². The van der Waals surface area contributed by atoms with Crippen molar-refractivity contribution in [2.24, 2.45) is 0 Å². The van der Waals surface area contributed by atoms with Crippen LogP contribution in [0.1, 0.15) is 11.1 Å². The van der Waals surface area contributed by atoms with E-state index in [1.807, 2.05) is 24.3 Å². The molecule has 0 unspecified atom stereocenters. The molecule has 0 aliphatic carbocycles. The summed E-state index contributed by atoms with van der Waals surface area (Å²) >= 11 is 0. The van der Waals surface area contributed by atoms with Crippen LogP contribution in [0.4, 0.5) is 5.69 Å². The predicted molar refractivity (Wildman–Crippen MR) is 131 cm³/mol. The lowest BCUT2D eigenvalue weighted by Crippen LogP contribution is -2.23. The van der Waals surface area contributed by atoms with E-state index in [1.54, 1.807) is 12.1 Å². The molecule has 0 bridgehead atoms. The summed E-state index contributed by atoms with van der Waals surface area (Å²) in [6.45, 7) is 0. The predicted octanol–water partition coefficient (Wildman–Crippen LogP) is 5.52. The minimum absolute atomic E-state index is 0. The van der Waals surface area contributed by atoms with E-state index in [0.29, 0.717) is 0 Å². The number of non-ortho nitro benzene ring substituents is 1. The fraction of sp³-hybridized carbons (Fsp3) is 0.0400. The van der Waals surface area contributed by atoms with Crippen molar-refractivity contribution in [3.05, 3.63) is 130 Å². The molecule has 0 aliphatic rings.